The van der Waals surface area contributed by atoms with Gasteiger partial charge in [-0.2, -0.15) is 0 Å². The summed E-state index contributed by atoms with van der Waals surface area (Å²) >= 11 is 0. The van der Waals surface area contributed by atoms with Crippen LogP contribution in [0.1, 0.15) is 40.0 Å². The summed E-state index contributed by atoms with van der Waals surface area (Å²) in [4.78, 5) is 29.1. The summed E-state index contributed by atoms with van der Waals surface area (Å²) < 4.78 is 4.90. The number of aliphatic hydroxyl groups excluding tert-OH is 1. The third kappa shape index (κ3) is 3.64. The van der Waals surface area contributed by atoms with Crippen molar-refractivity contribution in [3.05, 3.63) is 24.0 Å². The fourth-order valence-corrected chi connectivity index (χ4v) is 2.81. The van der Waals surface area contributed by atoms with E-state index in [0.717, 1.165) is 0 Å². The molecule has 0 bridgehead atoms. The standard InChI is InChI=1S/C17H25NO4/c1-6-8-11(19)13-12(20)10-17(3,4)14(16(21)22-5)15(13)18-9-7-2/h7,14,19H,2,6,8-10H2,1,3-5H3/b13-11-,18-15?. The molecule has 0 radical (unpaired) electrons. The lowest BCUT2D eigenvalue weighted by molar-refractivity contribution is -0.147. The molecule has 0 aromatic rings. The summed E-state index contributed by atoms with van der Waals surface area (Å²) in [6, 6.07) is 0. The smallest absolute Gasteiger partial charge is 0.315 e. The van der Waals surface area contributed by atoms with Crippen LogP contribution in [0.3, 0.4) is 0 Å². The van der Waals surface area contributed by atoms with Crippen molar-refractivity contribution < 1.29 is 19.4 Å². The van der Waals surface area contributed by atoms with E-state index in [4.69, 9.17) is 4.74 Å². The second-order valence-corrected chi connectivity index (χ2v) is 6.13. The van der Waals surface area contributed by atoms with Gasteiger partial charge >= 0.3 is 5.97 Å². The highest BCUT2D eigenvalue weighted by Gasteiger charge is 2.48. The van der Waals surface area contributed by atoms with E-state index in [0.29, 0.717) is 18.6 Å². The van der Waals surface area contributed by atoms with Crippen molar-refractivity contribution in [2.24, 2.45) is 16.3 Å². The number of ketones is 1. The Balaban J connectivity index is 3.51. The van der Waals surface area contributed by atoms with Crippen molar-refractivity contribution in [2.45, 2.75) is 40.0 Å². The molecule has 0 amide bonds. The topological polar surface area (TPSA) is 76.0 Å². The molecular formula is C17H25NO4. The van der Waals surface area contributed by atoms with E-state index < -0.39 is 17.3 Å². The summed E-state index contributed by atoms with van der Waals surface area (Å²) in [5, 5.41) is 10.3. The quantitative estimate of drug-likeness (QED) is 0.366. The van der Waals surface area contributed by atoms with Gasteiger partial charge in [0.25, 0.3) is 0 Å². The van der Waals surface area contributed by atoms with E-state index in [1.165, 1.54) is 7.11 Å². The molecule has 1 fully saturated rings. The molecule has 22 heavy (non-hydrogen) atoms. The molecular weight excluding hydrogens is 282 g/mol. The van der Waals surface area contributed by atoms with Gasteiger partial charge in [-0.15, -0.1) is 6.58 Å². The van der Waals surface area contributed by atoms with E-state index in [9.17, 15) is 14.7 Å². The molecule has 1 aliphatic rings. The van der Waals surface area contributed by atoms with Crippen molar-refractivity contribution in [2.75, 3.05) is 13.7 Å². The number of hydrogen-bond acceptors (Lipinski definition) is 5. The van der Waals surface area contributed by atoms with Gasteiger partial charge in [0, 0.05) is 12.8 Å². The molecule has 122 valence electrons. The molecule has 0 spiro atoms. The van der Waals surface area contributed by atoms with Crippen molar-refractivity contribution >= 4 is 17.5 Å². The summed E-state index contributed by atoms with van der Waals surface area (Å²) in [7, 11) is 1.31. The fourth-order valence-electron chi connectivity index (χ4n) is 2.81. The maximum atomic E-state index is 12.5. The molecule has 1 rings (SSSR count). The Hall–Kier alpha value is -1.91. The van der Waals surface area contributed by atoms with Gasteiger partial charge < -0.3 is 9.84 Å². The number of esters is 1. The number of ether oxygens (including phenoxy) is 1. The molecule has 0 aromatic carbocycles. The highest BCUT2D eigenvalue weighted by atomic mass is 16.5. The van der Waals surface area contributed by atoms with Crippen molar-refractivity contribution in [1.82, 2.24) is 0 Å². The molecule has 1 aliphatic carbocycles. The van der Waals surface area contributed by atoms with Crippen LogP contribution in [0.5, 0.6) is 0 Å². The van der Waals surface area contributed by atoms with Crippen LogP contribution in [0.25, 0.3) is 0 Å². The van der Waals surface area contributed by atoms with Crippen LogP contribution in [-0.2, 0) is 14.3 Å². The van der Waals surface area contributed by atoms with E-state index in [-0.39, 0.29) is 30.1 Å². The Morgan fingerprint density at radius 3 is 2.68 bits per heavy atom. The zero-order chi connectivity index (χ0) is 16.9. The first kappa shape index (κ1) is 18.1. The van der Waals surface area contributed by atoms with E-state index in [2.05, 4.69) is 11.6 Å². The first-order valence-electron chi connectivity index (χ1n) is 7.48. The predicted molar refractivity (Wildman–Crippen MR) is 86.0 cm³/mol. The van der Waals surface area contributed by atoms with Crippen LogP contribution in [0.4, 0.5) is 0 Å². The molecule has 5 nitrogen and oxygen atoms in total. The second kappa shape index (κ2) is 7.38. The van der Waals surface area contributed by atoms with Crippen LogP contribution < -0.4 is 0 Å². The molecule has 0 heterocycles. The zero-order valence-corrected chi connectivity index (χ0v) is 13.8. The number of hydrogen-bond donors (Lipinski definition) is 1. The van der Waals surface area contributed by atoms with Crippen LogP contribution in [0.15, 0.2) is 29.0 Å². The maximum Gasteiger partial charge on any atom is 0.315 e. The lowest BCUT2D eigenvalue weighted by Crippen LogP contribution is -2.46. The molecule has 1 saturated carbocycles. The molecule has 1 unspecified atom stereocenters. The lowest BCUT2D eigenvalue weighted by Gasteiger charge is -2.38. The van der Waals surface area contributed by atoms with Gasteiger partial charge in [0.15, 0.2) is 5.78 Å². The monoisotopic (exact) mass is 307 g/mol. The minimum absolute atomic E-state index is 0.000264. The highest BCUT2D eigenvalue weighted by Crippen LogP contribution is 2.41. The first-order chi connectivity index (χ1) is 10.3. The number of methoxy groups -OCH3 is 1. The third-order valence-corrected chi connectivity index (χ3v) is 3.81. The van der Waals surface area contributed by atoms with Gasteiger partial charge in [0.2, 0.25) is 0 Å². The van der Waals surface area contributed by atoms with Gasteiger partial charge in [-0.05, 0) is 11.8 Å². The van der Waals surface area contributed by atoms with Crippen LogP contribution >= 0.6 is 0 Å². The Bertz CT molecular complexity index is 529. The molecule has 5 heteroatoms. The summed E-state index contributed by atoms with van der Waals surface area (Å²) in [6.45, 7) is 9.47. The molecule has 1 atom stereocenters. The number of allylic oxidation sites excluding steroid dienone is 2. The predicted octanol–water partition coefficient (Wildman–Crippen LogP) is 3.01. The summed E-state index contributed by atoms with van der Waals surface area (Å²) in [5.41, 5.74) is -0.113. The average molecular weight is 307 g/mol. The minimum atomic E-state index is -0.677. The second-order valence-electron chi connectivity index (χ2n) is 6.13. The Morgan fingerprint density at radius 1 is 1.55 bits per heavy atom. The van der Waals surface area contributed by atoms with Crippen molar-refractivity contribution in [3.63, 3.8) is 0 Å². The zero-order valence-electron chi connectivity index (χ0n) is 13.8. The minimum Gasteiger partial charge on any atom is -0.511 e. The van der Waals surface area contributed by atoms with Gasteiger partial charge in [-0.3, -0.25) is 14.6 Å². The Kier molecular flexibility index (Phi) is 6.09. The number of nitrogens with zero attached hydrogens (tertiary/aromatic N) is 1. The summed E-state index contributed by atoms with van der Waals surface area (Å²) in [5.74, 6) is -1.30. The van der Waals surface area contributed by atoms with Crippen molar-refractivity contribution in [1.29, 1.82) is 0 Å². The number of carbonyl (C=O) groups is 2. The Morgan fingerprint density at radius 2 is 2.18 bits per heavy atom. The van der Waals surface area contributed by atoms with Gasteiger partial charge in [-0.25, -0.2) is 0 Å². The largest absolute Gasteiger partial charge is 0.511 e. The molecule has 0 aliphatic heterocycles. The lowest BCUT2D eigenvalue weighted by atomic mass is 9.65. The molecule has 0 saturated heterocycles. The molecule has 0 aromatic heterocycles. The van der Waals surface area contributed by atoms with E-state index in [1.807, 2.05) is 20.8 Å². The van der Waals surface area contributed by atoms with Crippen LogP contribution in [0.2, 0.25) is 0 Å². The number of aliphatic hydroxyl groups is 1. The van der Waals surface area contributed by atoms with Crippen LogP contribution in [0, 0.1) is 11.3 Å². The number of Topliss-reactive ketones (excluding diaryl/α,β-unsaturated/α-hetero) is 1. The maximum absolute atomic E-state index is 12.5. The fraction of sp³-hybridized carbons (Fsp3) is 0.588. The van der Waals surface area contributed by atoms with Gasteiger partial charge in [0.1, 0.15) is 11.7 Å². The molecule has 1 N–H and O–H groups in total. The van der Waals surface area contributed by atoms with E-state index in [1.54, 1.807) is 6.08 Å². The number of aliphatic imine (C=N–C) groups is 1. The number of rotatable bonds is 5. The van der Waals surface area contributed by atoms with Gasteiger partial charge in [0.05, 0.1) is 24.9 Å². The van der Waals surface area contributed by atoms with Crippen LogP contribution in [-0.4, -0.2) is 36.2 Å². The first-order valence-corrected chi connectivity index (χ1v) is 7.48. The van der Waals surface area contributed by atoms with E-state index >= 15 is 0 Å². The SMILES string of the molecule is C=CCN=C1/C(=C(\O)CCC)C(=O)CC(C)(C)C1C(=O)OC. The number of carbonyl (C=O) groups excluding carboxylic acids is 2. The summed E-state index contributed by atoms with van der Waals surface area (Å²) in [6.07, 6.45) is 2.83. The highest BCUT2D eigenvalue weighted by molar-refractivity contribution is 6.29. The normalized spacial score (nSPS) is 25.0. The van der Waals surface area contributed by atoms with Gasteiger partial charge in [-0.1, -0.05) is 26.8 Å². The van der Waals surface area contributed by atoms with Crippen molar-refractivity contribution in [3.8, 4) is 0 Å². The average Bonchev–Trinajstić information content (AvgIpc) is 2.43. The Labute approximate surface area is 131 Å². The third-order valence-electron chi connectivity index (χ3n) is 3.81.